The largest absolute Gasteiger partial charge is 0.359 e. The molecule has 0 atom stereocenters. The number of amidine groups is 1. The molecule has 0 unspecified atom stereocenters. The predicted molar refractivity (Wildman–Crippen MR) is 94.1 cm³/mol. The van der Waals surface area contributed by atoms with Crippen LogP contribution in [0.15, 0.2) is 4.99 Å². The maximum absolute atomic E-state index is 5.05. The fourth-order valence-corrected chi connectivity index (χ4v) is 5.96. The highest BCUT2D eigenvalue weighted by molar-refractivity contribution is 8.14. The summed E-state index contributed by atoms with van der Waals surface area (Å²) in [6, 6.07) is 0. The van der Waals surface area contributed by atoms with Gasteiger partial charge in [0, 0.05) is 17.8 Å². The topological polar surface area (TPSA) is 24.4 Å². The number of hydrogen-bond donors (Lipinski definition) is 1. The van der Waals surface area contributed by atoms with E-state index in [1.807, 2.05) is 11.8 Å². The van der Waals surface area contributed by atoms with Crippen molar-refractivity contribution in [1.29, 1.82) is 0 Å². The Balaban J connectivity index is 1.60. The molecule has 3 rings (SSSR count). The Bertz CT molecular complexity index is 377. The predicted octanol–water partition coefficient (Wildman–Crippen LogP) is 4.99. The Labute approximate surface area is 134 Å². The highest BCUT2D eigenvalue weighted by Gasteiger charge is 2.39. The minimum absolute atomic E-state index is 0.405. The number of thioether (sulfide) groups is 1. The molecule has 120 valence electrons. The van der Waals surface area contributed by atoms with Gasteiger partial charge in [-0.15, -0.1) is 0 Å². The first kappa shape index (κ1) is 15.7. The number of nitrogens with one attached hydrogen (secondary N) is 1. The maximum atomic E-state index is 5.05. The standard InChI is InChI=1S/C18H32N2S/c1-15(2)12-17(8-6-7-9-17)13-19-16-20-18(14-21-16)10-4-3-5-11-18/h15H,3-14H2,1-2H3,(H,19,20). The van der Waals surface area contributed by atoms with Crippen LogP contribution in [-0.2, 0) is 0 Å². The van der Waals surface area contributed by atoms with Gasteiger partial charge in [0.2, 0.25) is 0 Å². The molecule has 0 aromatic rings. The zero-order valence-corrected chi connectivity index (χ0v) is 14.7. The zero-order chi connectivity index (χ0) is 14.8. The molecule has 0 aromatic heterocycles. The molecule has 2 saturated carbocycles. The van der Waals surface area contributed by atoms with Gasteiger partial charge in [-0.3, -0.25) is 4.99 Å². The zero-order valence-electron chi connectivity index (χ0n) is 13.9. The van der Waals surface area contributed by atoms with E-state index in [-0.39, 0.29) is 0 Å². The summed E-state index contributed by atoms with van der Waals surface area (Å²) in [7, 11) is 0. The number of hydrogen-bond acceptors (Lipinski definition) is 2. The van der Waals surface area contributed by atoms with Crippen LogP contribution in [0.3, 0.4) is 0 Å². The smallest absolute Gasteiger partial charge is 0.157 e. The highest BCUT2D eigenvalue weighted by atomic mass is 32.2. The molecule has 0 amide bonds. The molecule has 0 aromatic carbocycles. The van der Waals surface area contributed by atoms with Crippen molar-refractivity contribution in [2.75, 3.05) is 12.3 Å². The van der Waals surface area contributed by atoms with Gasteiger partial charge in [0.15, 0.2) is 5.17 Å². The second kappa shape index (κ2) is 6.52. The third-order valence-corrected chi connectivity index (χ3v) is 6.93. The average Bonchev–Trinajstić information content (AvgIpc) is 3.06. The van der Waals surface area contributed by atoms with Gasteiger partial charge < -0.3 is 5.32 Å². The van der Waals surface area contributed by atoms with Crippen LogP contribution in [0.2, 0.25) is 0 Å². The summed E-state index contributed by atoms with van der Waals surface area (Å²) in [5.41, 5.74) is 0.925. The van der Waals surface area contributed by atoms with Crippen LogP contribution in [0.4, 0.5) is 0 Å². The molecule has 3 aliphatic rings. The second-order valence-corrected chi connectivity index (χ2v) is 9.15. The Hall–Kier alpha value is -0.180. The van der Waals surface area contributed by atoms with E-state index in [9.17, 15) is 0 Å². The van der Waals surface area contributed by atoms with Crippen molar-refractivity contribution in [3.8, 4) is 0 Å². The molecule has 1 saturated heterocycles. The minimum atomic E-state index is 0.405. The van der Waals surface area contributed by atoms with E-state index >= 15 is 0 Å². The number of aliphatic imine (C=N–C) groups is 1. The first-order chi connectivity index (χ1) is 10.1. The highest BCUT2D eigenvalue weighted by Crippen LogP contribution is 2.44. The van der Waals surface area contributed by atoms with Crippen LogP contribution >= 0.6 is 11.8 Å². The van der Waals surface area contributed by atoms with Crippen LogP contribution < -0.4 is 5.32 Å². The first-order valence-corrected chi connectivity index (χ1v) is 10.1. The van der Waals surface area contributed by atoms with Crippen LogP contribution in [0.1, 0.15) is 78.1 Å². The van der Waals surface area contributed by atoms with Gasteiger partial charge >= 0.3 is 0 Å². The summed E-state index contributed by atoms with van der Waals surface area (Å²) in [5, 5.41) is 5.07. The monoisotopic (exact) mass is 308 g/mol. The molecular weight excluding hydrogens is 276 g/mol. The SMILES string of the molecule is CC(C)CC1(CN=C2NC3(CCCCC3)CS2)CCCC1. The molecule has 1 spiro atoms. The molecule has 2 aliphatic carbocycles. The van der Waals surface area contributed by atoms with E-state index in [0.717, 1.165) is 12.5 Å². The van der Waals surface area contributed by atoms with E-state index in [1.54, 1.807) is 0 Å². The number of rotatable bonds is 4. The molecule has 0 radical (unpaired) electrons. The molecule has 1 heterocycles. The third-order valence-electron chi connectivity index (χ3n) is 5.73. The van der Waals surface area contributed by atoms with Crippen molar-refractivity contribution < 1.29 is 0 Å². The summed E-state index contributed by atoms with van der Waals surface area (Å²) in [4.78, 5) is 5.05. The molecule has 2 nitrogen and oxygen atoms in total. The van der Waals surface area contributed by atoms with Crippen molar-refractivity contribution in [3.05, 3.63) is 0 Å². The van der Waals surface area contributed by atoms with Crippen molar-refractivity contribution in [2.24, 2.45) is 16.3 Å². The lowest BCUT2D eigenvalue weighted by Crippen LogP contribution is -2.45. The van der Waals surface area contributed by atoms with Crippen LogP contribution in [0, 0.1) is 11.3 Å². The van der Waals surface area contributed by atoms with Crippen molar-refractivity contribution in [1.82, 2.24) is 5.32 Å². The quantitative estimate of drug-likeness (QED) is 0.791. The lowest BCUT2D eigenvalue weighted by molar-refractivity contribution is 0.245. The Morgan fingerprint density at radius 1 is 1.05 bits per heavy atom. The minimum Gasteiger partial charge on any atom is -0.359 e. The van der Waals surface area contributed by atoms with Gasteiger partial charge in [0.1, 0.15) is 0 Å². The van der Waals surface area contributed by atoms with E-state index in [4.69, 9.17) is 4.99 Å². The van der Waals surface area contributed by atoms with Gasteiger partial charge in [0.25, 0.3) is 0 Å². The Morgan fingerprint density at radius 2 is 1.71 bits per heavy atom. The number of nitrogens with zero attached hydrogens (tertiary/aromatic N) is 1. The molecule has 1 aliphatic heterocycles. The summed E-state index contributed by atoms with van der Waals surface area (Å²) in [6.07, 6.45) is 13.9. The summed E-state index contributed by atoms with van der Waals surface area (Å²) < 4.78 is 0. The Morgan fingerprint density at radius 3 is 2.38 bits per heavy atom. The van der Waals surface area contributed by atoms with Gasteiger partial charge in [-0.1, -0.05) is 57.7 Å². The molecule has 3 heteroatoms. The van der Waals surface area contributed by atoms with E-state index in [1.165, 1.54) is 75.1 Å². The first-order valence-electron chi connectivity index (χ1n) is 9.07. The third kappa shape index (κ3) is 3.78. The van der Waals surface area contributed by atoms with Gasteiger partial charge in [0.05, 0.1) is 0 Å². The molecule has 0 bridgehead atoms. The van der Waals surface area contributed by atoms with E-state index < -0.39 is 0 Å². The van der Waals surface area contributed by atoms with E-state index in [0.29, 0.717) is 11.0 Å². The molecular formula is C18H32N2S. The van der Waals surface area contributed by atoms with Crippen molar-refractivity contribution in [3.63, 3.8) is 0 Å². The van der Waals surface area contributed by atoms with Gasteiger partial charge in [-0.25, -0.2) is 0 Å². The molecule has 21 heavy (non-hydrogen) atoms. The van der Waals surface area contributed by atoms with E-state index in [2.05, 4.69) is 19.2 Å². The second-order valence-electron chi connectivity index (χ2n) is 8.18. The normalized spacial score (nSPS) is 29.4. The molecule has 3 fully saturated rings. The lowest BCUT2D eigenvalue weighted by atomic mass is 9.78. The summed E-state index contributed by atoms with van der Waals surface area (Å²) in [5.74, 6) is 2.06. The fraction of sp³-hybridized carbons (Fsp3) is 0.944. The maximum Gasteiger partial charge on any atom is 0.157 e. The molecule has 1 N–H and O–H groups in total. The van der Waals surface area contributed by atoms with Crippen LogP contribution in [-0.4, -0.2) is 23.0 Å². The van der Waals surface area contributed by atoms with Gasteiger partial charge in [-0.2, -0.15) is 0 Å². The van der Waals surface area contributed by atoms with Crippen LogP contribution in [0.25, 0.3) is 0 Å². The average molecular weight is 309 g/mol. The summed E-state index contributed by atoms with van der Waals surface area (Å²) >= 11 is 1.99. The Kier molecular flexibility index (Phi) is 4.87. The van der Waals surface area contributed by atoms with Gasteiger partial charge in [-0.05, 0) is 43.4 Å². The summed E-state index contributed by atoms with van der Waals surface area (Å²) in [6.45, 7) is 5.80. The van der Waals surface area contributed by atoms with Crippen molar-refractivity contribution in [2.45, 2.75) is 83.6 Å². The lowest BCUT2D eigenvalue weighted by Gasteiger charge is -2.33. The van der Waals surface area contributed by atoms with Crippen molar-refractivity contribution >= 4 is 16.9 Å². The van der Waals surface area contributed by atoms with Crippen LogP contribution in [0.5, 0.6) is 0 Å². The fourth-order valence-electron chi connectivity index (χ4n) is 4.75.